The van der Waals surface area contributed by atoms with Crippen molar-refractivity contribution in [3.05, 3.63) is 30.3 Å². The van der Waals surface area contributed by atoms with Crippen LogP contribution in [0.3, 0.4) is 0 Å². The summed E-state index contributed by atoms with van der Waals surface area (Å²) in [7, 11) is 0. The standard InChI is InChI=1S/C19H25NO2/c1-12(22-17-5-3-2-4-6-17)19(21)20-18-15-8-13-7-14(10-15)11-16(18)9-13/h2-6,12-16,18H,7-11H2,1H3,(H,20,21). The smallest absolute Gasteiger partial charge is 0.261 e. The maximum Gasteiger partial charge on any atom is 0.261 e. The molecule has 1 aromatic rings. The average Bonchev–Trinajstić information content (AvgIpc) is 2.51. The van der Waals surface area contributed by atoms with Crippen molar-refractivity contribution in [1.29, 1.82) is 0 Å². The van der Waals surface area contributed by atoms with Gasteiger partial charge in [0.25, 0.3) is 5.91 Å². The Labute approximate surface area is 132 Å². The van der Waals surface area contributed by atoms with Gasteiger partial charge in [-0.15, -0.1) is 0 Å². The normalized spacial score (nSPS) is 36.9. The van der Waals surface area contributed by atoms with E-state index in [1.807, 2.05) is 37.3 Å². The number of carbonyl (C=O) groups is 1. The van der Waals surface area contributed by atoms with Gasteiger partial charge in [-0.25, -0.2) is 0 Å². The molecule has 0 radical (unpaired) electrons. The van der Waals surface area contributed by atoms with Crippen LogP contribution in [-0.2, 0) is 4.79 Å². The Morgan fingerprint density at radius 1 is 1.05 bits per heavy atom. The summed E-state index contributed by atoms with van der Waals surface area (Å²) in [5.41, 5.74) is 0. The molecule has 1 atom stereocenters. The number of benzene rings is 1. The number of ether oxygens (including phenoxy) is 1. The third kappa shape index (κ3) is 2.62. The molecule has 0 saturated heterocycles. The van der Waals surface area contributed by atoms with Gasteiger partial charge in [-0.3, -0.25) is 4.79 Å². The molecule has 0 spiro atoms. The first-order chi connectivity index (χ1) is 10.7. The van der Waals surface area contributed by atoms with Crippen LogP contribution in [0.25, 0.3) is 0 Å². The molecule has 0 heterocycles. The number of carbonyl (C=O) groups excluding carboxylic acids is 1. The fourth-order valence-electron chi connectivity index (χ4n) is 5.20. The molecule has 4 fully saturated rings. The Kier molecular flexibility index (Phi) is 3.59. The lowest BCUT2D eigenvalue weighted by Crippen LogP contribution is -2.57. The largest absolute Gasteiger partial charge is 0.481 e. The lowest BCUT2D eigenvalue weighted by Gasteiger charge is -2.54. The molecular formula is C19H25NO2. The van der Waals surface area contributed by atoms with Gasteiger partial charge in [0.1, 0.15) is 5.75 Å². The van der Waals surface area contributed by atoms with Gasteiger partial charge in [-0.05, 0) is 74.8 Å². The van der Waals surface area contributed by atoms with E-state index in [0.717, 1.165) is 17.6 Å². The Morgan fingerprint density at radius 2 is 1.64 bits per heavy atom. The van der Waals surface area contributed by atoms with Crippen LogP contribution in [0.2, 0.25) is 0 Å². The highest BCUT2D eigenvalue weighted by Gasteiger charge is 2.48. The molecule has 22 heavy (non-hydrogen) atoms. The molecule has 5 rings (SSSR count). The third-order valence-electron chi connectivity index (χ3n) is 5.96. The van der Waals surface area contributed by atoms with Crippen molar-refractivity contribution < 1.29 is 9.53 Å². The van der Waals surface area contributed by atoms with Gasteiger partial charge in [-0.1, -0.05) is 18.2 Å². The number of rotatable bonds is 4. The van der Waals surface area contributed by atoms with E-state index in [0.29, 0.717) is 17.9 Å². The summed E-state index contributed by atoms with van der Waals surface area (Å²) in [6.07, 6.45) is 6.32. The van der Waals surface area contributed by atoms with Gasteiger partial charge < -0.3 is 10.1 Å². The van der Waals surface area contributed by atoms with E-state index in [2.05, 4.69) is 5.32 Å². The minimum absolute atomic E-state index is 0.0429. The van der Waals surface area contributed by atoms with Crippen molar-refractivity contribution in [2.24, 2.45) is 23.7 Å². The molecule has 0 aliphatic heterocycles. The lowest BCUT2D eigenvalue weighted by atomic mass is 9.54. The summed E-state index contributed by atoms with van der Waals surface area (Å²) in [4.78, 5) is 12.5. The van der Waals surface area contributed by atoms with Crippen LogP contribution in [0.1, 0.15) is 39.0 Å². The van der Waals surface area contributed by atoms with Crippen molar-refractivity contribution in [2.45, 2.75) is 51.2 Å². The third-order valence-corrected chi connectivity index (χ3v) is 5.96. The number of hydrogen-bond acceptors (Lipinski definition) is 2. The van der Waals surface area contributed by atoms with Crippen LogP contribution < -0.4 is 10.1 Å². The van der Waals surface area contributed by atoms with Crippen LogP contribution in [0.15, 0.2) is 30.3 Å². The fraction of sp³-hybridized carbons (Fsp3) is 0.632. The molecule has 1 amide bonds. The van der Waals surface area contributed by atoms with E-state index in [4.69, 9.17) is 4.74 Å². The zero-order valence-electron chi connectivity index (χ0n) is 13.2. The molecule has 118 valence electrons. The molecule has 1 aromatic carbocycles. The first kappa shape index (κ1) is 14.1. The highest BCUT2D eigenvalue weighted by Crippen LogP contribution is 2.53. The van der Waals surface area contributed by atoms with Crippen molar-refractivity contribution in [2.75, 3.05) is 0 Å². The highest BCUT2D eigenvalue weighted by molar-refractivity contribution is 5.81. The minimum Gasteiger partial charge on any atom is -0.481 e. The number of amides is 1. The highest BCUT2D eigenvalue weighted by atomic mass is 16.5. The lowest BCUT2D eigenvalue weighted by molar-refractivity contribution is -0.131. The van der Waals surface area contributed by atoms with Gasteiger partial charge in [0.2, 0.25) is 0 Å². The molecule has 4 saturated carbocycles. The van der Waals surface area contributed by atoms with Crippen LogP contribution in [0.5, 0.6) is 5.75 Å². The molecule has 4 bridgehead atoms. The Bertz CT molecular complexity index is 514. The van der Waals surface area contributed by atoms with Crippen molar-refractivity contribution >= 4 is 5.91 Å². The van der Waals surface area contributed by atoms with Gasteiger partial charge in [-0.2, -0.15) is 0 Å². The second-order valence-electron chi connectivity index (χ2n) is 7.54. The van der Waals surface area contributed by atoms with Crippen molar-refractivity contribution in [3.8, 4) is 5.75 Å². The van der Waals surface area contributed by atoms with Gasteiger partial charge in [0.05, 0.1) is 0 Å². The second-order valence-corrected chi connectivity index (χ2v) is 7.54. The average molecular weight is 299 g/mol. The maximum atomic E-state index is 12.5. The quantitative estimate of drug-likeness (QED) is 0.925. The fourth-order valence-corrected chi connectivity index (χ4v) is 5.20. The molecule has 1 N–H and O–H groups in total. The zero-order chi connectivity index (χ0) is 15.1. The monoisotopic (exact) mass is 299 g/mol. The minimum atomic E-state index is -0.431. The zero-order valence-corrected chi connectivity index (χ0v) is 13.2. The predicted octanol–water partition coefficient (Wildman–Crippen LogP) is 3.39. The van der Waals surface area contributed by atoms with E-state index >= 15 is 0 Å². The topological polar surface area (TPSA) is 38.3 Å². The molecule has 4 aliphatic carbocycles. The van der Waals surface area contributed by atoms with Crippen LogP contribution >= 0.6 is 0 Å². The molecule has 0 aromatic heterocycles. The van der Waals surface area contributed by atoms with Crippen LogP contribution in [-0.4, -0.2) is 18.1 Å². The SMILES string of the molecule is CC(Oc1ccccc1)C(=O)NC1C2CC3CC(C2)CC1C3. The molecule has 4 aliphatic rings. The van der Waals surface area contributed by atoms with E-state index in [1.165, 1.54) is 32.1 Å². The predicted molar refractivity (Wildman–Crippen MR) is 85.5 cm³/mol. The van der Waals surface area contributed by atoms with E-state index in [1.54, 1.807) is 0 Å². The molecule has 3 heteroatoms. The van der Waals surface area contributed by atoms with E-state index < -0.39 is 6.10 Å². The second kappa shape index (κ2) is 5.60. The summed E-state index contributed by atoms with van der Waals surface area (Å²) >= 11 is 0. The first-order valence-corrected chi connectivity index (χ1v) is 8.71. The Balaban J connectivity index is 1.37. The number of nitrogens with one attached hydrogen (secondary N) is 1. The number of hydrogen-bond donors (Lipinski definition) is 1. The van der Waals surface area contributed by atoms with Crippen molar-refractivity contribution in [1.82, 2.24) is 5.32 Å². The maximum absolute atomic E-state index is 12.5. The Hall–Kier alpha value is -1.51. The van der Waals surface area contributed by atoms with E-state index in [-0.39, 0.29) is 5.91 Å². The summed E-state index contributed by atoms with van der Waals surface area (Å²) in [5, 5.41) is 3.32. The van der Waals surface area contributed by atoms with Gasteiger partial charge in [0.15, 0.2) is 6.10 Å². The molecule has 3 nitrogen and oxygen atoms in total. The number of para-hydroxylation sites is 1. The van der Waals surface area contributed by atoms with Crippen molar-refractivity contribution in [3.63, 3.8) is 0 Å². The van der Waals surface area contributed by atoms with Gasteiger partial charge >= 0.3 is 0 Å². The summed E-state index contributed by atoms with van der Waals surface area (Å²) in [6, 6.07) is 9.99. The van der Waals surface area contributed by atoms with Crippen LogP contribution in [0.4, 0.5) is 0 Å². The summed E-state index contributed by atoms with van der Waals surface area (Å²) < 4.78 is 5.76. The first-order valence-electron chi connectivity index (χ1n) is 8.71. The molecule has 1 unspecified atom stereocenters. The van der Waals surface area contributed by atoms with Gasteiger partial charge in [0, 0.05) is 6.04 Å². The van der Waals surface area contributed by atoms with E-state index in [9.17, 15) is 4.79 Å². The summed E-state index contributed by atoms with van der Waals surface area (Å²) in [5.74, 6) is 4.10. The van der Waals surface area contributed by atoms with Crippen LogP contribution in [0, 0.1) is 23.7 Å². The molecular weight excluding hydrogens is 274 g/mol. The Morgan fingerprint density at radius 3 is 2.23 bits per heavy atom. The summed E-state index contributed by atoms with van der Waals surface area (Å²) in [6.45, 7) is 1.85.